The summed E-state index contributed by atoms with van der Waals surface area (Å²) in [6.45, 7) is 1.73. The number of benzene rings is 1. The van der Waals surface area contributed by atoms with Gasteiger partial charge in [0.1, 0.15) is 18.4 Å². The molecular formula is C16H11ClN2O5. The molecule has 0 atom stereocenters. The Labute approximate surface area is 140 Å². The molecule has 1 aromatic carbocycles. The van der Waals surface area contributed by atoms with E-state index in [0.29, 0.717) is 21.6 Å². The van der Waals surface area contributed by atoms with E-state index in [1.807, 2.05) is 0 Å². The Morgan fingerprint density at radius 1 is 1.38 bits per heavy atom. The summed E-state index contributed by atoms with van der Waals surface area (Å²) >= 11 is 6.12. The maximum absolute atomic E-state index is 11.7. The summed E-state index contributed by atoms with van der Waals surface area (Å²) in [5.74, 6) is -0.374. The molecule has 3 rings (SSSR count). The predicted octanol–water partition coefficient (Wildman–Crippen LogP) is 3.64. The van der Waals surface area contributed by atoms with Gasteiger partial charge in [0.2, 0.25) is 5.75 Å². The average molecular weight is 347 g/mol. The molecule has 0 spiro atoms. The summed E-state index contributed by atoms with van der Waals surface area (Å²) in [5, 5.41) is 12.1. The number of nitro groups is 1. The standard InChI is InChI=1S/C16H11ClN2O5/c1-9-5-14-11(7-12(9)17)10(6-15(20)24-14)8-23-13-3-2-4-18-16(13)19(21)22/h2-7H,8H2,1H3. The van der Waals surface area contributed by atoms with Gasteiger partial charge in [-0.1, -0.05) is 11.6 Å². The molecular weight excluding hydrogens is 336 g/mol. The maximum Gasteiger partial charge on any atom is 0.406 e. The lowest BCUT2D eigenvalue weighted by Gasteiger charge is -2.09. The van der Waals surface area contributed by atoms with E-state index in [1.165, 1.54) is 24.4 Å². The molecule has 0 radical (unpaired) electrons. The summed E-state index contributed by atoms with van der Waals surface area (Å²) < 4.78 is 10.7. The van der Waals surface area contributed by atoms with Crippen molar-refractivity contribution in [2.45, 2.75) is 13.5 Å². The SMILES string of the molecule is Cc1cc2oc(=O)cc(COc3cccnc3[N+](=O)[O-])c2cc1Cl. The molecule has 0 bridgehead atoms. The van der Waals surface area contributed by atoms with Gasteiger partial charge >= 0.3 is 11.4 Å². The number of aryl methyl sites for hydroxylation is 1. The van der Waals surface area contributed by atoms with E-state index in [0.717, 1.165) is 5.56 Å². The second-order valence-electron chi connectivity index (χ2n) is 5.06. The van der Waals surface area contributed by atoms with Crippen LogP contribution in [0.4, 0.5) is 5.82 Å². The minimum absolute atomic E-state index is 0.0158. The van der Waals surface area contributed by atoms with Crippen molar-refractivity contribution < 1.29 is 14.1 Å². The van der Waals surface area contributed by atoms with Crippen molar-refractivity contribution >= 4 is 28.4 Å². The highest BCUT2D eigenvalue weighted by atomic mass is 35.5. The third kappa shape index (κ3) is 3.07. The summed E-state index contributed by atoms with van der Waals surface area (Å²) in [4.78, 5) is 25.7. The van der Waals surface area contributed by atoms with Gasteiger partial charge in [0, 0.05) is 22.0 Å². The van der Waals surface area contributed by atoms with Crippen LogP contribution in [0.3, 0.4) is 0 Å². The number of fused-ring (bicyclic) bond motifs is 1. The van der Waals surface area contributed by atoms with Crippen molar-refractivity contribution in [1.82, 2.24) is 4.98 Å². The lowest BCUT2D eigenvalue weighted by Crippen LogP contribution is -2.05. The highest BCUT2D eigenvalue weighted by molar-refractivity contribution is 6.32. The summed E-state index contributed by atoms with van der Waals surface area (Å²) in [6.07, 6.45) is 1.31. The molecule has 24 heavy (non-hydrogen) atoms. The van der Waals surface area contributed by atoms with Crippen LogP contribution in [-0.4, -0.2) is 9.91 Å². The number of nitrogens with zero attached hydrogens (tertiary/aromatic N) is 2. The fraction of sp³-hybridized carbons (Fsp3) is 0.125. The van der Waals surface area contributed by atoms with E-state index in [4.69, 9.17) is 20.8 Å². The van der Waals surface area contributed by atoms with Crippen LogP contribution in [-0.2, 0) is 6.61 Å². The molecule has 122 valence electrons. The molecule has 2 heterocycles. The molecule has 0 aliphatic rings. The molecule has 7 nitrogen and oxygen atoms in total. The highest BCUT2D eigenvalue weighted by Gasteiger charge is 2.16. The van der Waals surface area contributed by atoms with Crippen molar-refractivity contribution in [2.24, 2.45) is 0 Å². The Balaban J connectivity index is 2.01. The minimum Gasteiger partial charge on any atom is -0.481 e. The van der Waals surface area contributed by atoms with E-state index in [2.05, 4.69) is 4.98 Å². The zero-order chi connectivity index (χ0) is 17.3. The van der Waals surface area contributed by atoms with E-state index < -0.39 is 16.4 Å². The van der Waals surface area contributed by atoms with Gasteiger partial charge in [0.15, 0.2) is 0 Å². The number of aromatic nitrogens is 1. The van der Waals surface area contributed by atoms with Gasteiger partial charge in [0.05, 0.1) is 0 Å². The van der Waals surface area contributed by atoms with Gasteiger partial charge in [-0.3, -0.25) is 0 Å². The van der Waals surface area contributed by atoms with Crippen LogP contribution in [0.5, 0.6) is 5.75 Å². The molecule has 0 saturated heterocycles. The van der Waals surface area contributed by atoms with Crippen LogP contribution in [0.2, 0.25) is 5.02 Å². The fourth-order valence-corrected chi connectivity index (χ4v) is 2.42. The average Bonchev–Trinajstić information content (AvgIpc) is 2.54. The van der Waals surface area contributed by atoms with Crippen LogP contribution in [0.15, 0.2) is 45.7 Å². The number of rotatable bonds is 4. The van der Waals surface area contributed by atoms with Crippen LogP contribution < -0.4 is 10.4 Å². The molecule has 0 aliphatic carbocycles. The monoisotopic (exact) mass is 346 g/mol. The smallest absolute Gasteiger partial charge is 0.406 e. The van der Waals surface area contributed by atoms with Crippen LogP contribution in [0.1, 0.15) is 11.1 Å². The topological polar surface area (TPSA) is 95.5 Å². The minimum atomic E-state index is -0.632. The lowest BCUT2D eigenvalue weighted by atomic mass is 10.1. The van der Waals surface area contributed by atoms with Crippen LogP contribution in [0, 0.1) is 17.0 Å². The van der Waals surface area contributed by atoms with Crippen molar-refractivity contribution in [2.75, 3.05) is 0 Å². The van der Waals surface area contributed by atoms with Crippen LogP contribution in [0.25, 0.3) is 11.0 Å². The molecule has 0 unspecified atom stereocenters. The Bertz CT molecular complexity index is 999. The first-order valence-electron chi connectivity index (χ1n) is 6.91. The van der Waals surface area contributed by atoms with E-state index in [9.17, 15) is 14.9 Å². The molecule has 0 amide bonds. The van der Waals surface area contributed by atoms with Gasteiger partial charge in [0.25, 0.3) is 0 Å². The maximum atomic E-state index is 11.7. The number of halogens is 1. The molecule has 0 saturated carbocycles. The molecule has 0 aliphatic heterocycles. The van der Waals surface area contributed by atoms with Gasteiger partial charge in [-0.15, -0.1) is 0 Å². The molecule has 3 aromatic rings. The second kappa shape index (κ2) is 6.29. The molecule has 0 N–H and O–H groups in total. The normalized spacial score (nSPS) is 10.8. The van der Waals surface area contributed by atoms with Crippen molar-refractivity contribution in [1.29, 1.82) is 0 Å². The Morgan fingerprint density at radius 2 is 2.17 bits per heavy atom. The quantitative estimate of drug-likeness (QED) is 0.406. The number of hydrogen-bond donors (Lipinski definition) is 0. The van der Waals surface area contributed by atoms with E-state index in [1.54, 1.807) is 19.1 Å². The number of hydrogen-bond acceptors (Lipinski definition) is 6. The van der Waals surface area contributed by atoms with Crippen molar-refractivity contribution in [3.8, 4) is 5.75 Å². The van der Waals surface area contributed by atoms with E-state index >= 15 is 0 Å². The number of pyridine rings is 1. The highest BCUT2D eigenvalue weighted by Crippen LogP contribution is 2.28. The van der Waals surface area contributed by atoms with E-state index in [-0.39, 0.29) is 12.4 Å². The van der Waals surface area contributed by atoms with Crippen molar-refractivity contribution in [3.05, 3.63) is 73.2 Å². The first-order valence-corrected chi connectivity index (χ1v) is 7.28. The molecule has 0 fully saturated rings. The third-order valence-corrected chi connectivity index (χ3v) is 3.82. The Morgan fingerprint density at radius 3 is 2.92 bits per heavy atom. The Hall–Kier alpha value is -2.93. The Kier molecular flexibility index (Phi) is 4.18. The largest absolute Gasteiger partial charge is 0.481 e. The summed E-state index contributed by atoms with van der Waals surface area (Å²) in [5.41, 5.74) is 1.13. The zero-order valence-electron chi connectivity index (χ0n) is 12.5. The second-order valence-corrected chi connectivity index (χ2v) is 5.47. The molecule has 8 heteroatoms. The summed E-state index contributed by atoms with van der Waals surface area (Å²) in [6, 6.07) is 7.58. The zero-order valence-corrected chi connectivity index (χ0v) is 13.2. The van der Waals surface area contributed by atoms with Gasteiger partial charge < -0.3 is 19.3 Å². The third-order valence-electron chi connectivity index (χ3n) is 3.42. The lowest BCUT2D eigenvalue weighted by molar-refractivity contribution is -0.390. The first kappa shape index (κ1) is 15.9. The number of ether oxygens (including phenoxy) is 1. The van der Waals surface area contributed by atoms with Crippen LogP contribution >= 0.6 is 11.6 Å². The van der Waals surface area contributed by atoms with Gasteiger partial charge in [-0.25, -0.2) is 4.79 Å². The fourth-order valence-electron chi connectivity index (χ4n) is 2.26. The molecule has 2 aromatic heterocycles. The van der Waals surface area contributed by atoms with Gasteiger partial charge in [-0.2, -0.15) is 0 Å². The first-order chi connectivity index (χ1) is 11.5. The summed E-state index contributed by atoms with van der Waals surface area (Å²) in [7, 11) is 0. The van der Waals surface area contributed by atoms with Crippen molar-refractivity contribution in [3.63, 3.8) is 0 Å². The van der Waals surface area contributed by atoms with Gasteiger partial charge in [-0.05, 0) is 46.7 Å². The predicted molar refractivity (Wildman–Crippen MR) is 87.5 cm³/mol.